The average molecular weight is 165 g/mol. The van der Waals surface area contributed by atoms with Crippen LogP contribution < -0.4 is 5.32 Å². The average Bonchev–Trinajstić information content (AvgIpc) is 2.62. The van der Waals surface area contributed by atoms with Crippen LogP contribution in [0.5, 0.6) is 0 Å². The van der Waals surface area contributed by atoms with E-state index in [1.165, 1.54) is 0 Å². The molecule has 1 aliphatic rings. The van der Waals surface area contributed by atoms with Crippen LogP contribution in [-0.4, -0.2) is 12.3 Å². The molecule has 1 N–H and O–H groups in total. The van der Waals surface area contributed by atoms with E-state index in [9.17, 15) is 4.79 Å². The zero-order valence-corrected chi connectivity index (χ0v) is 6.96. The van der Waals surface area contributed by atoms with Gasteiger partial charge in [-0.05, 0) is 19.1 Å². The van der Waals surface area contributed by atoms with Gasteiger partial charge in [-0.15, -0.1) is 0 Å². The van der Waals surface area contributed by atoms with E-state index >= 15 is 0 Å². The van der Waals surface area contributed by atoms with Crippen molar-refractivity contribution < 1.29 is 9.21 Å². The Morgan fingerprint density at radius 3 is 3.00 bits per heavy atom. The zero-order chi connectivity index (χ0) is 8.60. The van der Waals surface area contributed by atoms with E-state index in [-0.39, 0.29) is 5.78 Å². The van der Waals surface area contributed by atoms with Gasteiger partial charge in [-0.2, -0.15) is 0 Å². The Morgan fingerprint density at radius 2 is 2.50 bits per heavy atom. The molecule has 1 aromatic heterocycles. The van der Waals surface area contributed by atoms with Crippen LogP contribution >= 0.6 is 0 Å². The summed E-state index contributed by atoms with van der Waals surface area (Å²) in [6.45, 7) is 2.61. The first kappa shape index (κ1) is 7.55. The van der Waals surface area contributed by atoms with Crippen LogP contribution in [0.1, 0.15) is 19.1 Å². The van der Waals surface area contributed by atoms with E-state index < -0.39 is 5.54 Å². The van der Waals surface area contributed by atoms with Gasteiger partial charge in [0, 0.05) is 13.0 Å². The summed E-state index contributed by atoms with van der Waals surface area (Å²) in [5.74, 6) is 0.919. The standard InChI is InChI=1S/C9H11NO2/c1-9(7(11)4-5-10-9)8-3-2-6-12-8/h2-3,6,10H,4-5H2,1H3. The van der Waals surface area contributed by atoms with Gasteiger partial charge in [0.15, 0.2) is 5.78 Å². The Kier molecular flexibility index (Phi) is 1.54. The first-order chi connectivity index (χ1) is 5.73. The maximum atomic E-state index is 11.5. The van der Waals surface area contributed by atoms with Crippen LogP contribution in [0.3, 0.4) is 0 Å². The lowest BCUT2D eigenvalue weighted by molar-refractivity contribution is -0.122. The molecule has 1 fully saturated rings. The molecule has 1 saturated heterocycles. The van der Waals surface area contributed by atoms with E-state index in [1.54, 1.807) is 12.3 Å². The van der Waals surface area contributed by atoms with E-state index in [0.29, 0.717) is 12.2 Å². The largest absolute Gasteiger partial charge is 0.467 e. The summed E-state index contributed by atoms with van der Waals surface area (Å²) in [6, 6.07) is 3.63. The zero-order valence-electron chi connectivity index (χ0n) is 6.96. The summed E-state index contributed by atoms with van der Waals surface area (Å²) in [5.41, 5.74) is -0.580. The van der Waals surface area contributed by atoms with Gasteiger partial charge in [0.05, 0.1) is 6.26 Å². The van der Waals surface area contributed by atoms with Crippen LogP contribution in [-0.2, 0) is 10.3 Å². The third-order valence-corrected chi connectivity index (χ3v) is 2.40. The SMILES string of the molecule is CC1(c2ccco2)NCCC1=O. The number of carbonyl (C=O) groups excluding carboxylic acids is 1. The minimum atomic E-state index is -0.580. The minimum Gasteiger partial charge on any atom is -0.467 e. The van der Waals surface area contributed by atoms with Gasteiger partial charge >= 0.3 is 0 Å². The molecule has 0 aromatic carbocycles. The molecule has 3 heteroatoms. The number of Topliss-reactive ketones (excluding diaryl/α,β-unsaturated/α-hetero) is 1. The fourth-order valence-electron chi connectivity index (χ4n) is 1.56. The van der Waals surface area contributed by atoms with E-state index in [2.05, 4.69) is 5.32 Å². The molecule has 0 spiro atoms. The molecule has 12 heavy (non-hydrogen) atoms. The fraction of sp³-hybridized carbons (Fsp3) is 0.444. The number of carbonyl (C=O) groups is 1. The predicted octanol–water partition coefficient (Wildman–Crippen LogP) is 1.06. The number of hydrogen-bond donors (Lipinski definition) is 1. The molecule has 0 radical (unpaired) electrons. The van der Waals surface area contributed by atoms with Crippen molar-refractivity contribution in [3.8, 4) is 0 Å². The van der Waals surface area contributed by atoms with Crippen LogP contribution in [0, 0.1) is 0 Å². The summed E-state index contributed by atoms with van der Waals surface area (Å²) in [5, 5.41) is 3.14. The van der Waals surface area contributed by atoms with Crippen LogP contribution in [0.15, 0.2) is 22.8 Å². The highest BCUT2D eigenvalue weighted by molar-refractivity contribution is 5.90. The van der Waals surface area contributed by atoms with E-state index in [1.807, 2.05) is 13.0 Å². The molecule has 1 atom stereocenters. The molecule has 2 heterocycles. The topological polar surface area (TPSA) is 42.2 Å². The molecule has 3 nitrogen and oxygen atoms in total. The van der Waals surface area contributed by atoms with Crippen LogP contribution in [0.2, 0.25) is 0 Å². The molecule has 64 valence electrons. The highest BCUT2D eigenvalue weighted by Crippen LogP contribution is 2.27. The highest BCUT2D eigenvalue weighted by Gasteiger charge is 2.40. The number of rotatable bonds is 1. The van der Waals surface area contributed by atoms with E-state index in [4.69, 9.17) is 4.42 Å². The lowest BCUT2D eigenvalue weighted by atomic mass is 9.96. The summed E-state index contributed by atoms with van der Waals surface area (Å²) in [7, 11) is 0. The maximum absolute atomic E-state index is 11.5. The summed E-state index contributed by atoms with van der Waals surface area (Å²) in [4.78, 5) is 11.5. The maximum Gasteiger partial charge on any atom is 0.161 e. The van der Waals surface area contributed by atoms with Gasteiger partial charge in [-0.3, -0.25) is 10.1 Å². The van der Waals surface area contributed by atoms with Crippen LogP contribution in [0.4, 0.5) is 0 Å². The molecule has 0 aliphatic carbocycles. The first-order valence-corrected chi connectivity index (χ1v) is 4.06. The quantitative estimate of drug-likeness (QED) is 0.676. The Labute approximate surface area is 70.8 Å². The molecule has 2 rings (SSSR count). The molecule has 1 aromatic rings. The summed E-state index contributed by atoms with van der Waals surface area (Å²) < 4.78 is 5.21. The van der Waals surface area contributed by atoms with Gasteiger partial charge in [0.25, 0.3) is 0 Å². The number of hydrogen-bond acceptors (Lipinski definition) is 3. The second-order valence-electron chi connectivity index (χ2n) is 3.20. The van der Waals surface area contributed by atoms with Crippen molar-refractivity contribution in [1.82, 2.24) is 5.32 Å². The van der Waals surface area contributed by atoms with Gasteiger partial charge in [0.1, 0.15) is 11.3 Å². The summed E-state index contributed by atoms with van der Waals surface area (Å²) in [6.07, 6.45) is 2.19. The van der Waals surface area contributed by atoms with Gasteiger partial charge < -0.3 is 4.42 Å². The lowest BCUT2D eigenvalue weighted by Crippen LogP contribution is -2.38. The van der Waals surface area contributed by atoms with Crippen molar-refractivity contribution in [1.29, 1.82) is 0 Å². The highest BCUT2D eigenvalue weighted by atomic mass is 16.3. The van der Waals surface area contributed by atoms with Crippen molar-refractivity contribution in [2.75, 3.05) is 6.54 Å². The van der Waals surface area contributed by atoms with Crippen molar-refractivity contribution in [3.05, 3.63) is 24.2 Å². The second-order valence-corrected chi connectivity index (χ2v) is 3.20. The Hall–Kier alpha value is -1.09. The molecule has 0 amide bonds. The molecular formula is C9H11NO2. The van der Waals surface area contributed by atoms with Crippen LogP contribution in [0.25, 0.3) is 0 Å². The minimum absolute atomic E-state index is 0.206. The van der Waals surface area contributed by atoms with Gasteiger partial charge in [-0.1, -0.05) is 0 Å². The Balaban J connectivity index is 2.38. The monoisotopic (exact) mass is 165 g/mol. The predicted molar refractivity (Wildman–Crippen MR) is 43.7 cm³/mol. The smallest absolute Gasteiger partial charge is 0.161 e. The second kappa shape index (κ2) is 2.45. The third kappa shape index (κ3) is 0.898. The molecule has 1 unspecified atom stereocenters. The molecule has 0 bridgehead atoms. The van der Waals surface area contributed by atoms with Crippen molar-refractivity contribution >= 4 is 5.78 Å². The number of nitrogens with one attached hydrogen (secondary N) is 1. The Bertz CT molecular complexity index is 291. The van der Waals surface area contributed by atoms with E-state index in [0.717, 1.165) is 6.54 Å². The van der Waals surface area contributed by atoms with Crippen molar-refractivity contribution in [2.24, 2.45) is 0 Å². The lowest BCUT2D eigenvalue weighted by Gasteiger charge is -2.19. The Morgan fingerprint density at radius 1 is 1.67 bits per heavy atom. The molecular weight excluding hydrogens is 154 g/mol. The number of ketones is 1. The fourth-order valence-corrected chi connectivity index (χ4v) is 1.56. The number of furan rings is 1. The molecule has 1 aliphatic heterocycles. The van der Waals surface area contributed by atoms with Crippen molar-refractivity contribution in [2.45, 2.75) is 18.9 Å². The molecule has 0 saturated carbocycles. The third-order valence-electron chi connectivity index (χ3n) is 2.40. The normalized spacial score (nSPS) is 29.6. The summed E-state index contributed by atoms with van der Waals surface area (Å²) >= 11 is 0. The van der Waals surface area contributed by atoms with Gasteiger partial charge in [-0.25, -0.2) is 0 Å². The van der Waals surface area contributed by atoms with Crippen molar-refractivity contribution in [3.63, 3.8) is 0 Å². The van der Waals surface area contributed by atoms with Gasteiger partial charge in [0.2, 0.25) is 0 Å². The first-order valence-electron chi connectivity index (χ1n) is 4.06.